The summed E-state index contributed by atoms with van der Waals surface area (Å²) in [6.45, 7) is 3.65. The van der Waals surface area contributed by atoms with E-state index < -0.39 is 11.2 Å². The van der Waals surface area contributed by atoms with Crippen LogP contribution in [0.1, 0.15) is 25.7 Å². The Morgan fingerprint density at radius 2 is 1.47 bits per heavy atom. The van der Waals surface area contributed by atoms with E-state index in [9.17, 15) is 14.6 Å². The molecule has 0 unspecified atom stereocenters. The molecule has 2 aromatic carbocycles. The fraction of sp³-hybridized carbons (Fsp3) is 0.500. The van der Waals surface area contributed by atoms with Crippen LogP contribution in [0.2, 0.25) is 10.0 Å². The smallest absolute Gasteiger partial charge is 0.123 e. The van der Waals surface area contributed by atoms with E-state index in [2.05, 4.69) is 9.80 Å². The highest BCUT2D eigenvalue weighted by Crippen LogP contribution is 2.31. The summed E-state index contributed by atoms with van der Waals surface area (Å²) >= 11 is 12.0. The number of hydrogen-bond donors (Lipinski definition) is 2. The summed E-state index contributed by atoms with van der Waals surface area (Å²) in [5.74, 6) is 0.340. The summed E-state index contributed by atoms with van der Waals surface area (Å²) in [7, 11) is 0. The molecule has 0 bridgehead atoms. The predicted octanol–water partition coefficient (Wildman–Crippen LogP) is 4.37. The van der Waals surface area contributed by atoms with Crippen LogP contribution in [0, 0.1) is 5.82 Å². The van der Waals surface area contributed by atoms with Gasteiger partial charge in [0.15, 0.2) is 0 Å². The molecule has 2 aliphatic rings. The molecule has 5 nitrogen and oxygen atoms in total. The van der Waals surface area contributed by atoms with Crippen LogP contribution in [0.5, 0.6) is 5.75 Å². The summed E-state index contributed by atoms with van der Waals surface area (Å²) in [4.78, 5) is 4.41. The number of anilines is 1. The minimum absolute atomic E-state index is 0.190. The number of benzene rings is 2. The molecule has 0 aliphatic carbocycles. The van der Waals surface area contributed by atoms with Gasteiger partial charge in [-0.1, -0.05) is 23.2 Å². The molecule has 0 radical (unpaired) electrons. The van der Waals surface area contributed by atoms with E-state index in [0.29, 0.717) is 61.1 Å². The number of nitrogens with zero attached hydrogens (tertiary/aromatic N) is 2. The van der Waals surface area contributed by atoms with Gasteiger partial charge in [-0.3, -0.25) is 0 Å². The van der Waals surface area contributed by atoms with Gasteiger partial charge in [0.05, 0.1) is 15.6 Å². The number of aliphatic hydroxyl groups is 2. The van der Waals surface area contributed by atoms with Crippen molar-refractivity contribution in [3.63, 3.8) is 0 Å². The van der Waals surface area contributed by atoms with E-state index in [0.717, 1.165) is 18.8 Å². The van der Waals surface area contributed by atoms with Crippen molar-refractivity contribution in [3.05, 3.63) is 58.3 Å². The van der Waals surface area contributed by atoms with Crippen LogP contribution in [-0.4, -0.2) is 65.6 Å². The summed E-state index contributed by atoms with van der Waals surface area (Å²) < 4.78 is 18.9. The van der Waals surface area contributed by atoms with Crippen LogP contribution in [-0.2, 0) is 0 Å². The second kappa shape index (κ2) is 9.74. The summed E-state index contributed by atoms with van der Waals surface area (Å²) in [6.07, 6.45) is 2.47. The molecule has 2 heterocycles. The standard InChI is InChI=1S/C24H29Cl2FN2O3/c25-21-6-5-20(15-22(21)26)32-17-24(31)7-11-28(12-8-24)16-23(30)9-13-29(14-10-23)19-3-1-18(27)2-4-19/h1-6,15,30-31H,7-14,16-17H2. The summed E-state index contributed by atoms with van der Waals surface area (Å²) in [6, 6.07) is 11.6. The van der Waals surface area contributed by atoms with E-state index in [1.54, 1.807) is 30.3 Å². The van der Waals surface area contributed by atoms with Crippen molar-refractivity contribution in [1.29, 1.82) is 0 Å². The molecule has 2 N–H and O–H groups in total. The molecule has 2 aliphatic heterocycles. The Hall–Kier alpha value is -1.57. The number of ether oxygens (including phenoxy) is 1. The lowest BCUT2D eigenvalue weighted by molar-refractivity contribution is -0.0747. The van der Waals surface area contributed by atoms with Gasteiger partial charge in [0, 0.05) is 44.5 Å². The van der Waals surface area contributed by atoms with Gasteiger partial charge in [0.25, 0.3) is 0 Å². The maximum atomic E-state index is 13.2. The van der Waals surface area contributed by atoms with E-state index in [-0.39, 0.29) is 12.4 Å². The third-order valence-corrected chi connectivity index (χ3v) is 7.33. The minimum Gasteiger partial charge on any atom is -0.491 e. The fourth-order valence-corrected chi connectivity index (χ4v) is 4.75. The molecule has 4 rings (SSSR count). The molecule has 2 fully saturated rings. The predicted molar refractivity (Wildman–Crippen MR) is 125 cm³/mol. The van der Waals surface area contributed by atoms with Crippen molar-refractivity contribution in [2.75, 3.05) is 44.2 Å². The molecule has 174 valence electrons. The number of halogens is 3. The van der Waals surface area contributed by atoms with Gasteiger partial charge < -0.3 is 24.7 Å². The second-order valence-corrected chi connectivity index (χ2v) is 9.87. The maximum Gasteiger partial charge on any atom is 0.123 e. The Bertz CT molecular complexity index is 912. The fourth-order valence-electron chi connectivity index (χ4n) is 4.46. The summed E-state index contributed by atoms with van der Waals surface area (Å²) in [5.41, 5.74) is -0.668. The van der Waals surface area contributed by atoms with Crippen LogP contribution in [0.3, 0.4) is 0 Å². The van der Waals surface area contributed by atoms with Crippen LogP contribution >= 0.6 is 23.2 Å². The number of β-amino-alcohol motifs (C(OH)–C–C–N with tert-alkyl or cyclic N) is 1. The van der Waals surface area contributed by atoms with Crippen molar-refractivity contribution in [1.82, 2.24) is 4.90 Å². The van der Waals surface area contributed by atoms with Crippen molar-refractivity contribution in [2.24, 2.45) is 0 Å². The zero-order valence-electron chi connectivity index (χ0n) is 17.9. The van der Waals surface area contributed by atoms with Gasteiger partial charge >= 0.3 is 0 Å². The Labute approximate surface area is 198 Å². The van der Waals surface area contributed by atoms with Gasteiger partial charge in [-0.25, -0.2) is 4.39 Å². The van der Waals surface area contributed by atoms with Gasteiger partial charge in [0.2, 0.25) is 0 Å². The van der Waals surface area contributed by atoms with Gasteiger partial charge in [-0.2, -0.15) is 0 Å². The zero-order valence-corrected chi connectivity index (χ0v) is 19.5. The highest BCUT2D eigenvalue weighted by Gasteiger charge is 2.38. The quantitative estimate of drug-likeness (QED) is 0.639. The molecule has 0 aromatic heterocycles. The molecule has 0 spiro atoms. The first kappa shape index (κ1) is 23.6. The first-order valence-electron chi connectivity index (χ1n) is 11.0. The van der Waals surface area contributed by atoms with Crippen LogP contribution < -0.4 is 9.64 Å². The number of rotatable bonds is 6. The lowest BCUT2D eigenvalue weighted by Crippen LogP contribution is -2.55. The average molecular weight is 483 g/mol. The van der Waals surface area contributed by atoms with Crippen LogP contribution in [0.4, 0.5) is 10.1 Å². The first-order valence-corrected chi connectivity index (χ1v) is 11.7. The monoisotopic (exact) mass is 482 g/mol. The Morgan fingerprint density at radius 3 is 2.09 bits per heavy atom. The SMILES string of the molecule is OC1(COc2ccc(Cl)c(Cl)c2)CCN(CC2(O)CCN(c3ccc(F)cc3)CC2)CC1. The number of hydrogen-bond acceptors (Lipinski definition) is 5. The third-order valence-electron chi connectivity index (χ3n) is 6.59. The third kappa shape index (κ3) is 5.86. The minimum atomic E-state index is -0.906. The van der Waals surface area contributed by atoms with Crippen molar-refractivity contribution in [3.8, 4) is 5.75 Å². The van der Waals surface area contributed by atoms with Crippen LogP contribution in [0.25, 0.3) is 0 Å². The highest BCUT2D eigenvalue weighted by atomic mass is 35.5. The second-order valence-electron chi connectivity index (χ2n) is 9.05. The largest absolute Gasteiger partial charge is 0.491 e. The Balaban J connectivity index is 1.23. The molecule has 2 aromatic rings. The van der Waals surface area contributed by atoms with E-state index in [1.165, 1.54) is 12.1 Å². The zero-order chi connectivity index (χ0) is 22.8. The van der Waals surface area contributed by atoms with Gasteiger partial charge in [-0.05, 0) is 62.1 Å². The molecule has 32 heavy (non-hydrogen) atoms. The number of likely N-dealkylation sites (tertiary alicyclic amines) is 1. The average Bonchev–Trinajstić information content (AvgIpc) is 2.78. The van der Waals surface area contributed by atoms with E-state index >= 15 is 0 Å². The Kier molecular flexibility index (Phi) is 7.18. The maximum absolute atomic E-state index is 13.2. The molecule has 2 saturated heterocycles. The number of piperidine rings is 2. The lowest BCUT2D eigenvalue weighted by Gasteiger charge is -2.44. The van der Waals surface area contributed by atoms with Gasteiger partial charge in [-0.15, -0.1) is 0 Å². The molecular formula is C24H29Cl2FN2O3. The van der Waals surface area contributed by atoms with E-state index in [4.69, 9.17) is 27.9 Å². The van der Waals surface area contributed by atoms with Crippen molar-refractivity contribution < 1.29 is 19.3 Å². The van der Waals surface area contributed by atoms with E-state index in [1.807, 2.05) is 0 Å². The summed E-state index contributed by atoms with van der Waals surface area (Å²) in [5, 5.41) is 22.9. The molecule has 0 atom stereocenters. The highest BCUT2D eigenvalue weighted by molar-refractivity contribution is 6.42. The van der Waals surface area contributed by atoms with Crippen molar-refractivity contribution in [2.45, 2.75) is 36.9 Å². The first-order chi connectivity index (χ1) is 15.2. The Morgan fingerprint density at radius 1 is 0.844 bits per heavy atom. The molecule has 8 heteroatoms. The topological polar surface area (TPSA) is 56.2 Å². The molecular weight excluding hydrogens is 454 g/mol. The normalized spacial score (nSPS) is 20.8. The van der Waals surface area contributed by atoms with Gasteiger partial charge in [0.1, 0.15) is 23.8 Å². The lowest BCUT2D eigenvalue weighted by atomic mass is 9.87. The molecule has 0 amide bonds. The van der Waals surface area contributed by atoms with Crippen LogP contribution in [0.15, 0.2) is 42.5 Å². The molecule has 0 saturated carbocycles. The van der Waals surface area contributed by atoms with Crippen molar-refractivity contribution >= 4 is 28.9 Å².